The number of carboxylic acid groups (broad SMARTS) is 1. The van der Waals surface area contributed by atoms with Gasteiger partial charge >= 0.3 is 5.97 Å². The van der Waals surface area contributed by atoms with Gasteiger partial charge < -0.3 is 9.84 Å². The smallest absolute Gasteiger partial charge is 0.372 e. The number of carbonyl (C=O) groups excluding carboxylic acids is 1. The van der Waals surface area contributed by atoms with Crippen molar-refractivity contribution >= 4 is 11.8 Å². The van der Waals surface area contributed by atoms with Crippen LogP contribution in [-0.4, -0.2) is 23.5 Å². The van der Waals surface area contributed by atoms with Gasteiger partial charge in [0.1, 0.15) is 5.75 Å². The predicted octanol–water partition coefficient (Wildman–Crippen LogP) is 3.06. The lowest BCUT2D eigenvalue weighted by Crippen LogP contribution is -2.11. The highest BCUT2D eigenvalue weighted by Gasteiger charge is 2.09. The number of hydrogen-bond acceptors (Lipinski definition) is 3. The zero-order valence-electron chi connectivity index (χ0n) is 11.0. The highest BCUT2D eigenvalue weighted by molar-refractivity contribution is 6.32. The molecule has 0 aliphatic heterocycles. The van der Waals surface area contributed by atoms with Crippen LogP contribution >= 0.6 is 0 Å². The summed E-state index contributed by atoms with van der Waals surface area (Å²) in [6, 6.07) is 9.68. The highest BCUT2D eigenvalue weighted by Crippen LogP contribution is 2.10. The van der Waals surface area contributed by atoms with Crippen molar-refractivity contribution in [3.05, 3.63) is 30.3 Å². The quantitative estimate of drug-likeness (QED) is 0.521. The van der Waals surface area contributed by atoms with Crippen LogP contribution < -0.4 is 4.74 Å². The van der Waals surface area contributed by atoms with E-state index in [9.17, 15) is 9.59 Å². The fourth-order valence-electron chi connectivity index (χ4n) is 1.73. The Morgan fingerprint density at radius 2 is 1.58 bits per heavy atom. The van der Waals surface area contributed by atoms with Crippen molar-refractivity contribution in [2.75, 3.05) is 6.61 Å². The largest absolute Gasteiger partial charge is 0.494 e. The summed E-state index contributed by atoms with van der Waals surface area (Å²) in [7, 11) is 0. The maximum Gasteiger partial charge on any atom is 0.372 e. The topological polar surface area (TPSA) is 63.6 Å². The average Bonchev–Trinajstić information content (AvgIpc) is 2.42. The number of ether oxygens (including phenoxy) is 1. The molecule has 0 spiro atoms. The third-order valence-corrected chi connectivity index (χ3v) is 2.80. The lowest BCUT2D eigenvalue weighted by molar-refractivity contribution is -0.149. The van der Waals surface area contributed by atoms with Crippen molar-refractivity contribution in [1.82, 2.24) is 0 Å². The molecule has 0 aliphatic carbocycles. The van der Waals surface area contributed by atoms with E-state index in [1.807, 2.05) is 30.3 Å². The van der Waals surface area contributed by atoms with Gasteiger partial charge in [-0.1, -0.05) is 37.5 Å². The number of para-hydroxylation sites is 1. The minimum atomic E-state index is -1.32. The number of Topliss-reactive ketones (excluding diaryl/α,β-unsaturated/α-hetero) is 1. The Hall–Kier alpha value is -1.84. The van der Waals surface area contributed by atoms with Crippen LogP contribution in [0.5, 0.6) is 5.75 Å². The van der Waals surface area contributed by atoms with Crippen molar-refractivity contribution in [2.45, 2.75) is 38.5 Å². The molecule has 1 aromatic rings. The molecule has 1 aromatic carbocycles. The van der Waals surface area contributed by atoms with Crippen LogP contribution in [0.2, 0.25) is 0 Å². The average molecular weight is 264 g/mol. The maximum atomic E-state index is 10.8. The van der Waals surface area contributed by atoms with Crippen molar-refractivity contribution in [3.63, 3.8) is 0 Å². The van der Waals surface area contributed by atoms with E-state index in [2.05, 4.69) is 0 Å². The van der Waals surface area contributed by atoms with Crippen molar-refractivity contribution in [1.29, 1.82) is 0 Å². The second-order valence-corrected chi connectivity index (χ2v) is 4.41. The minimum Gasteiger partial charge on any atom is -0.494 e. The molecule has 0 saturated heterocycles. The van der Waals surface area contributed by atoms with E-state index in [-0.39, 0.29) is 6.42 Å². The molecule has 4 heteroatoms. The normalized spacial score (nSPS) is 10.1. The molecule has 0 atom stereocenters. The Bertz CT molecular complexity index is 386. The van der Waals surface area contributed by atoms with Gasteiger partial charge in [-0.25, -0.2) is 4.79 Å². The van der Waals surface area contributed by atoms with Crippen LogP contribution in [0, 0.1) is 0 Å². The molecule has 0 heterocycles. The number of ketones is 1. The highest BCUT2D eigenvalue weighted by atomic mass is 16.5. The van der Waals surface area contributed by atoms with E-state index in [0.717, 1.165) is 31.4 Å². The van der Waals surface area contributed by atoms with Gasteiger partial charge in [0.15, 0.2) is 0 Å². The molecule has 0 fully saturated rings. The lowest BCUT2D eigenvalue weighted by atomic mass is 10.1. The number of carboxylic acids is 1. The zero-order chi connectivity index (χ0) is 13.9. The second-order valence-electron chi connectivity index (χ2n) is 4.41. The molecule has 104 valence electrons. The summed E-state index contributed by atoms with van der Waals surface area (Å²) < 4.78 is 5.55. The van der Waals surface area contributed by atoms with Gasteiger partial charge in [-0.05, 0) is 25.0 Å². The number of benzene rings is 1. The van der Waals surface area contributed by atoms with E-state index >= 15 is 0 Å². The maximum absolute atomic E-state index is 10.8. The molecule has 4 nitrogen and oxygen atoms in total. The molecule has 0 amide bonds. The Morgan fingerprint density at radius 1 is 0.947 bits per heavy atom. The predicted molar refractivity (Wildman–Crippen MR) is 72.3 cm³/mol. The first-order valence-electron chi connectivity index (χ1n) is 6.64. The first-order valence-corrected chi connectivity index (χ1v) is 6.64. The summed E-state index contributed by atoms with van der Waals surface area (Å²) in [6.45, 7) is 0.693. The number of hydrogen-bond donors (Lipinski definition) is 1. The van der Waals surface area contributed by atoms with Crippen LogP contribution in [0.1, 0.15) is 38.5 Å². The van der Waals surface area contributed by atoms with Crippen LogP contribution in [-0.2, 0) is 9.59 Å². The van der Waals surface area contributed by atoms with Crippen LogP contribution in [0.3, 0.4) is 0 Å². The third-order valence-electron chi connectivity index (χ3n) is 2.80. The van der Waals surface area contributed by atoms with E-state index in [0.29, 0.717) is 13.0 Å². The Morgan fingerprint density at radius 3 is 2.26 bits per heavy atom. The fraction of sp³-hybridized carbons (Fsp3) is 0.467. The monoisotopic (exact) mass is 264 g/mol. The first-order chi connectivity index (χ1) is 9.20. The van der Waals surface area contributed by atoms with E-state index in [1.165, 1.54) is 0 Å². The standard InChI is InChI=1S/C15H20O4/c16-14(15(17)18)11-7-2-1-3-8-12-19-13-9-5-4-6-10-13/h4-6,9-10H,1-3,7-8,11-12H2,(H,17,18). The van der Waals surface area contributed by atoms with Gasteiger partial charge in [0.25, 0.3) is 0 Å². The van der Waals surface area contributed by atoms with E-state index < -0.39 is 11.8 Å². The van der Waals surface area contributed by atoms with Gasteiger partial charge in [0, 0.05) is 6.42 Å². The van der Waals surface area contributed by atoms with Crippen LogP contribution in [0.4, 0.5) is 0 Å². The summed E-state index contributed by atoms with van der Waals surface area (Å²) in [6.07, 6.45) is 4.71. The molecular weight excluding hydrogens is 244 g/mol. The van der Waals surface area contributed by atoms with E-state index in [4.69, 9.17) is 9.84 Å². The van der Waals surface area contributed by atoms with Gasteiger partial charge in [-0.3, -0.25) is 4.79 Å². The summed E-state index contributed by atoms with van der Waals surface area (Å²) >= 11 is 0. The minimum absolute atomic E-state index is 0.149. The Kier molecular flexibility index (Phi) is 7.32. The van der Waals surface area contributed by atoms with Crippen LogP contribution in [0.25, 0.3) is 0 Å². The lowest BCUT2D eigenvalue weighted by Gasteiger charge is -2.05. The molecule has 0 aromatic heterocycles. The Labute approximate surface area is 113 Å². The third kappa shape index (κ3) is 7.24. The molecule has 19 heavy (non-hydrogen) atoms. The van der Waals surface area contributed by atoms with Crippen molar-refractivity contribution < 1.29 is 19.4 Å². The van der Waals surface area contributed by atoms with Gasteiger partial charge in [-0.15, -0.1) is 0 Å². The molecule has 0 saturated carbocycles. The van der Waals surface area contributed by atoms with Crippen molar-refractivity contribution in [2.24, 2.45) is 0 Å². The van der Waals surface area contributed by atoms with Gasteiger partial charge in [-0.2, -0.15) is 0 Å². The summed E-state index contributed by atoms with van der Waals surface area (Å²) in [5, 5.41) is 8.40. The summed E-state index contributed by atoms with van der Waals surface area (Å²) in [5.41, 5.74) is 0. The summed E-state index contributed by atoms with van der Waals surface area (Å²) in [5.74, 6) is -1.13. The molecule has 0 bridgehead atoms. The Balaban J connectivity index is 1.92. The first kappa shape index (κ1) is 15.2. The molecule has 1 N–H and O–H groups in total. The molecule has 0 radical (unpaired) electrons. The van der Waals surface area contributed by atoms with Crippen molar-refractivity contribution in [3.8, 4) is 5.75 Å². The second kappa shape index (κ2) is 9.14. The van der Waals surface area contributed by atoms with E-state index in [1.54, 1.807) is 0 Å². The fourth-order valence-corrected chi connectivity index (χ4v) is 1.73. The zero-order valence-corrected chi connectivity index (χ0v) is 11.0. The molecule has 1 rings (SSSR count). The van der Waals surface area contributed by atoms with Gasteiger partial charge in [0.05, 0.1) is 6.61 Å². The molecular formula is C15H20O4. The summed E-state index contributed by atoms with van der Waals surface area (Å²) in [4.78, 5) is 21.1. The number of unbranched alkanes of at least 4 members (excludes halogenated alkanes) is 4. The number of rotatable bonds is 10. The van der Waals surface area contributed by atoms with Gasteiger partial charge in [0.2, 0.25) is 5.78 Å². The SMILES string of the molecule is O=C(O)C(=O)CCCCCCCOc1ccccc1. The molecule has 0 unspecified atom stereocenters. The van der Waals surface area contributed by atoms with Crippen LogP contribution in [0.15, 0.2) is 30.3 Å². The molecule has 0 aliphatic rings. The number of carbonyl (C=O) groups is 2. The number of aliphatic carboxylic acids is 1.